The van der Waals surface area contributed by atoms with Gasteiger partial charge in [-0.15, -0.1) is 0 Å². The molecule has 4 rings (SSSR count). The van der Waals surface area contributed by atoms with Gasteiger partial charge < -0.3 is 10.1 Å². The molecule has 0 aromatic heterocycles. The Balaban J connectivity index is 1.58. The van der Waals surface area contributed by atoms with Crippen LogP contribution in [0.5, 0.6) is 0 Å². The highest BCUT2D eigenvalue weighted by Crippen LogP contribution is 2.46. The number of anilines is 1. The molecule has 1 spiro atoms. The van der Waals surface area contributed by atoms with Crippen LogP contribution in [-0.4, -0.2) is 41.5 Å². The van der Waals surface area contributed by atoms with Gasteiger partial charge in [0.25, 0.3) is 0 Å². The second-order valence-corrected chi connectivity index (χ2v) is 7.14. The highest BCUT2D eigenvalue weighted by molar-refractivity contribution is 6.32. The molecule has 2 fully saturated rings. The fraction of sp³-hybridized carbons (Fsp3) is 0.474. The predicted molar refractivity (Wildman–Crippen MR) is 91.8 cm³/mol. The molecule has 2 amide bonds. The number of amides is 2. The molecule has 1 aromatic rings. The predicted octanol–water partition coefficient (Wildman–Crippen LogP) is 1.84. The Morgan fingerprint density at radius 1 is 1.27 bits per heavy atom. The van der Waals surface area contributed by atoms with Gasteiger partial charge in [-0.2, -0.15) is 0 Å². The molecular weight excluding hydrogens is 334 g/mol. The Bertz CT molecular complexity index is 824. The molecule has 7 nitrogen and oxygen atoms in total. The Labute approximate surface area is 151 Å². The summed E-state index contributed by atoms with van der Waals surface area (Å²) >= 11 is 0. The third-order valence-electron chi connectivity index (χ3n) is 5.62. The monoisotopic (exact) mass is 353 g/mol. The summed E-state index contributed by atoms with van der Waals surface area (Å²) in [6.07, 6.45) is 2.62. The van der Waals surface area contributed by atoms with Crippen molar-refractivity contribution in [1.82, 2.24) is 4.90 Å². The number of benzene rings is 1. The third-order valence-corrected chi connectivity index (χ3v) is 5.62. The molecule has 1 N–H and O–H groups in total. The van der Waals surface area contributed by atoms with Gasteiger partial charge >= 0.3 is 18.0 Å². The first-order valence-corrected chi connectivity index (χ1v) is 8.84. The van der Waals surface area contributed by atoms with Gasteiger partial charge in [-0.25, -0.2) is 11.4 Å². The van der Waals surface area contributed by atoms with Crippen LogP contribution in [0.15, 0.2) is 24.3 Å². The molecule has 2 aliphatic heterocycles. The number of rotatable bonds is 1. The summed E-state index contributed by atoms with van der Waals surface area (Å²) < 4.78 is 5.29. The summed E-state index contributed by atoms with van der Waals surface area (Å²) in [5.41, 5.74) is 0.497. The van der Waals surface area contributed by atoms with Crippen molar-refractivity contribution in [1.29, 1.82) is 0 Å². The van der Waals surface area contributed by atoms with Crippen molar-refractivity contribution < 1.29 is 19.1 Å². The first-order chi connectivity index (χ1) is 12.5. The van der Waals surface area contributed by atoms with E-state index in [1.165, 1.54) is 4.90 Å². The van der Waals surface area contributed by atoms with E-state index in [2.05, 4.69) is 10.2 Å². The highest BCUT2D eigenvalue weighted by Gasteiger charge is 2.59. The van der Waals surface area contributed by atoms with Crippen molar-refractivity contribution in [3.63, 3.8) is 0 Å². The third kappa shape index (κ3) is 2.45. The van der Waals surface area contributed by atoms with Gasteiger partial charge in [0.2, 0.25) is 5.91 Å². The fourth-order valence-corrected chi connectivity index (χ4v) is 4.26. The molecule has 26 heavy (non-hydrogen) atoms. The van der Waals surface area contributed by atoms with E-state index in [4.69, 9.17) is 11.3 Å². The van der Waals surface area contributed by atoms with Gasteiger partial charge in [0, 0.05) is 12.2 Å². The first kappa shape index (κ1) is 16.6. The zero-order valence-electron chi connectivity index (χ0n) is 14.2. The van der Waals surface area contributed by atoms with Gasteiger partial charge in [0.15, 0.2) is 0 Å². The summed E-state index contributed by atoms with van der Waals surface area (Å²) in [4.78, 5) is 42.3. The van der Waals surface area contributed by atoms with Crippen LogP contribution in [0.2, 0.25) is 0 Å². The lowest BCUT2D eigenvalue weighted by Crippen LogP contribution is -2.43. The molecule has 1 saturated carbocycles. The summed E-state index contributed by atoms with van der Waals surface area (Å²) in [5.74, 6) is -1.98. The van der Waals surface area contributed by atoms with Crippen molar-refractivity contribution in [3.8, 4) is 0 Å². The quantitative estimate of drug-likeness (QED) is 0.475. The zero-order valence-corrected chi connectivity index (χ0v) is 14.2. The maximum atomic E-state index is 12.7. The van der Waals surface area contributed by atoms with Gasteiger partial charge in [0.1, 0.15) is 11.5 Å². The summed E-state index contributed by atoms with van der Waals surface area (Å²) in [7, 11) is 0. The number of carbonyl (C=O) groups excluding carboxylic acids is 3. The Kier molecular flexibility index (Phi) is 3.91. The van der Waals surface area contributed by atoms with Gasteiger partial charge in [0.05, 0.1) is 6.42 Å². The summed E-state index contributed by atoms with van der Waals surface area (Å²) in [6, 6.07) is 7.28. The van der Waals surface area contributed by atoms with Crippen LogP contribution in [-0.2, 0) is 24.5 Å². The minimum absolute atomic E-state index is 0.0154. The smallest absolute Gasteiger partial charge is 0.397 e. The molecule has 134 valence electrons. The van der Waals surface area contributed by atoms with E-state index < -0.39 is 23.5 Å². The van der Waals surface area contributed by atoms with Crippen LogP contribution in [0.1, 0.15) is 37.7 Å². The molecule has 2 heterocycles. The molecule has 1 aliphatic carbocycles. The normalized spacial score (nSPS) is 27.3. The molecule has 0 bridgehead atoms. The number of nitrogens with one attached hydrogen (secondary N) is 1. The highest BCUT2D eigenvalue weighted by atomic mass is 16.5. The van der Waals surface area contributed by atoms with Crippen LogP contribution >= 0.6 is 0 Å². The van der Waals surface area contributed by atoms with Crippen LogP contribution in [0.3, 0.4) is 0 Å². The van der Waals surface area contributed by atoms with Gasteiger partial charge in [-0.05, 0) is 37.3 Å². The maximum absolute atomic E-state index is 12.7. The number of para-hydroxylation sites is 1. The number of nitrogens with zero attached hydrogens (tertiary/aromatic N) is 2. The van der Waals surface area contributed by atoms with E-state index in [1.54, 1.807) is 6.07 Å². The van der Waals surface area contributed by atoms with Crippen molar-refractivity contribution in [2.24, 2.45) is 0 Å². The number of hydrogen-bond donors (Lipinski definition) is 1. The van der Waals surface area contributed by atoms with E-state index in [0.717, 1.165) is 31.2 Å². The van der Waals surface area contributed by atoms with Crippen molar-refractivity contribution >= 4 is 23.5 Å². The Morgan fingerprint density at radius 2 is 2.00 bits per heavy atom. The van der Waals surface area contributed by atoms with Crippen LogP contribution < -0.4 is 5.32 Å². The molecule has 2 atom stereocenters. The number of hydrogen-bond acceptors (Lipinski definition) is 4. The first-order valence-electron chi connectivity index (χ1n) is 8.84. The topological polar surface area (TPSA) is 80.1 Å². The number of ether oxygens (including phenoxy) is 1. The Morgan fingerprint density at radius 3 is 2.73 bits per heavy atom. The lowest BCUT2D eigenvalue weighted by molar-refractivity contribution is -0.163. The number of fused-ring (bicyclic) bond motifs is 2. The number of likely N-dealkylation sites (tertiary alicyclic amines) is 1. The SMILES string of the molecule is [C-]#[N+][C@@H]1C[C@@]2(CN1C(=O)C(=O)OC1CCCC1)C(=O)Nc1ccccc12. The number of esters is 1. The zero-order chi connectivity index (χ0) is 18.3. The van der Waals surface area contributed by atoms with E-state index >= 15 is 0 Å². The molecule has 3 aliphatic rings. The fourth-order valence-electron chi connectivity index (χ4n) is 4.26. The standard InChI is InChI=1S/C19H19N3O4/c1-20-15-10-19(13-8-4-5-9-14(13)21-18(19)25)11-22(15)16(23)17(24)26-12-6-2-3-7-12/h4-5,8-9,12,15H,2-3,6-7,10-11H2,(H,21,25)/t15-,19-/m0/s1. The molecule has 0 radical (unpaired) electrons. The molecule has 1 aromatic carbocycles. The van der Waals surface area contributed by atoms with Crippen molar-refractivity contribution in [2.45, 2.75) is 49.8 Å². The maximum Gasteiger partial charge on any atom is 0.397 e. The lowest BCUT2D eigenvalue weighted by atomic mass is 9.80. The average Bonchev–Trinajstić information content (AvgIpc) is 3.34. The van der Waals surface area contributed by atoms with Crippen LogP contribution in [0.4, 0.5) is 5.69 Å². The minimum Gasteiger partial charge on any atom is -0.455 e. The lowest BCUT2D eigenvalue weighted by Gasteiger charge is -2.21. The summed E-state index contributed by atoms with van der Waals surface area (Å²) in [6.45, 7) is 7.45. The molecule has 1 saturated heterocycles. The molecule has 7 heteroatoms. The number of carbonyl (C=O) groups is 3. The van der Waals surface area contributed by atoms with Crippen LogP contribution in [0.25, 0.3) is 4.85 Å². The van der Waals surface area contributed by atoms with E-state index in [1.807, 2.05) is 18.2 Å². The van der Waals surface area contributed by atoms with E-state index in [9.17, 15) is 14.4 Å². The van der Waals surface area contributed by atoms with Gasteiger partial charge in [-0.3, -0.25) is 19.3 Å². The molecular formula is C19H19N3O4. The van der Waals surface area contributed by atoms with Crippen molar-refractivity contribution in [2.75, 3.05) is 11.9 Å². The second kappa shape index (κ2) is 6.13. The van der Waals surface area contributed by atoms with Gasteiger partial charge in [-0.1, -0.05) is 18.2 Å². The Hall–Kier alpha value is -2.88. The average molecular weight is 353 g/mol. The van der Waals surface area contributed by atoms with E-state index in [-0.39, 0.29) is 25.0 Å². The second-order valence-electron chi connectivity index (χ2n) is 7.14. The minimum atomic E-state index is -0.977. The largest absolute Gasteiger partial charge is 0.455 e. The van der Waals surface area contributed by atoms with Crippen molar-refractivity contribution in [3.05, 3.63) is 41.2 Å². The molecule has 0 unspecified atom stereocenters. The van der Waals surface area contributed by atoms with E-state index in [0.29, 0.717) is 5.69 Å². The summed E-state index contributed by atoms with van der Waals surface area (Å²) in [5, 5.41) is 2.83. The van der Waals surface area contributed by atoms with Crippen LogP contribution in [0, 0.1) is 6.57 Å².